The number of benzene rings is 2. The number of nitrogens with zero attached hydrogens (tertiary/aromatic N) is 1. The third-order valence-corrected chi connectivity index (χ3v) is 3.05. The van der Waals surface area contributed by atoms with Gasteiger partial charge >= 0.3 is 0 Å². The van der Waals surface area contributed by atoms with Crippen LogP contribution in [0.2, 0.25) is 0 Å². The van der Waals surface area contributed by atoms with Crippen LogP contribution in [0.5, 0.6) is 0 Å². The zero-order valence-corrected chi connectivity index (χ0v) is 9.72. The molecule has 2 aromatic carbocycles. The standard InChI is InChI=1S/C16H13N/c1-12-6-5-9-14-11-17-16(10-15(12)14)13-7-3-2-4-8-13/h2-11H,1H3. The molecule has 1 aromatic heterocycles. The summed E-state index contributed by atoms with van der Waals surface area (Å²) in [6, 6.07) is 18.8. The van der Waals surface area contributed by atoms with Gasteiger partial charge in [-0.3, -0.25) is 4.98 Å². The van der Waals surface area contributed by atoms with Gasteiger partial charge in [-0.25, -0.2) is 0 Å². The summed E-state index contributed by atoms with van der Waals surface area (Å²) in [4.78, 5) is 4.52. The van der Waals surface area contributed by atoms with Crippen molar-refractivity contribution in [1.82, 2.24) is 4.98 Å². The van der Waals surface area contributed by atoms with Crippen molar-refractivity contribution in [2.45, 2.75) is 6.92 Å². The van der Waals surface area contributed by atoms with Crippen molar-refractivity contribution in [2.75, 3.05) is 0 Å². The fraction of sp³-hybridized carbons (Fsp3) is 0.0625. The van der Waals surface area contributed by atoms with Gasteiger partial charge in [-0.05, 0) is 23.9 Å². The molecule has 3 aromatic rings. The van der Waals surface area contributed by atoms with E-state index >= 15 is 0 Å². The van der Waals surface area contributed by atoms with E-state index in [2.05, 4.69) is 48.3 Å². The van der Waals surface area contributed by atoms with E-state index in [9.17, 15) is 0 Å². The number of rotatable bonds is 1. The van der Waals surface area contributed by atoms with Crippen LogP contribution in [-0.4, -0.2) is 4.98 Å². The minimum atomic E-state index is 1.03. The Hall–Kier alpha value is -2.15. The van der Waals surface area contributed by atoms with E-state index in [-0.39, 0.29) is 0 Å². The Morgan fingerprint density at radius 2 is 1.71 bits per heavy atom. The van der Waals surface area contributed by atoms with Crippen LogP contribution in [0.3, 0.4) is 0 Å². The quantitative estimate of drug-likeness (QED) is 0.597. The lowest BCUT2D eigenvalue weighted by atomic mass is 10.0. The second-order valence-corrected chi connectivity index (χ2v) is 4.23. The SMILES string of the molecule is Cc1cccc2cnc(-c3ccccc3)cc12. The van der Waals surface area contributed by atoms with Gasteiger partial charge in [0.05, 0.1) is 5.69 Å². The molecule has 17 heavy (non-hydrogen) atoms. The highest BCUT2D eigenvalue weighted by Gasteiger charge is 2.02. The maximum atomic E-state index is 4.52. The number of aromatic nitrogens is 1. The molecule has 0 N–H and O–H groups in total. The van der Waals surface area contributed by atoms with E-state index < -0.39 is 0 Å². The summed E-state index contributed by atoms with van der Waals surface area (Å²) in [5, 5.41) is 2.48. The van der Waals surface area contributed by atoms with Gasteiger partial charge in [0, 0.05) is 17.1 Å². The molecule has 1 heteroatoms. The van der Waals surface area contributed by atoms with Crippen LogP contribution in [0.4, 0.5) is 0 Å². The van der Waals surface area contributed by atoms with Crippen LogP contribution in [0, 0.1) is 6.92 Å². The summed E-state index contributed by atoms with van der Waals surface area (Å²) < 4.78 is 0. The molecule has 0 aliphatic heterocycles. The van der Waals surface area contributed by atoms with Gasteiger partial charge in [0.25, 0.3) is 0 Å². The first kappa shape index (κ1) is 10.0. The second kappa shape index (κ2) is 4.02. The predicted molar refractivity (Wildman–Crippen MR) is 71.9 cm³/mol. The zero-order valence-electron chi connectivity index (χ0n) is 9.72. The molecule has 0 saturated carbocycles. The first-order valence-electron chi connectivity index (χ1n) is 5.75. The minimum absolute atomic E-state index is 1.03. The Bertz CT molecular complexity index is 657. The number of hydrogen-bond donors (Lipinski definition) is 0. The Kier molecular flexibility index (Phi) is 2.37. The third-order valence-electron chi connectivity index (χ3n) is 3.05. The van der Waals surface area contributed by atoms with E-state index in [1.807, 2.05) is 24.4 Å². The molecule has 1 nitrogen and oxygen atoms in total. The van der Waals surface area contributed by atoms with Gasteiger partial charge < -0.3 is 0 Å². The normalized spacial score (nSPS) is 10.6. The largest absolute Gasteiger partial charge is 0.256 e. The van der Waals surface area contributed by atoms with Crippen molar-refractivity contribution < 1.29 is 0 Å². The van der Waals surface area contributed by atoms with Crippen molar-refractivity contribution >= 4 is 10.8 Å². The molecule has 1 heterocycles. The summed E-state index contributed by atoms with van der Waals surface area (Å²) in [5.74, 6) is 0. The number of aryl methyl sites for hydroxylation is 1. The molecular formula is C16H13N. The third kappa shape index (κ3) is 1.80. The van der Waals surface area contributed by atoms with Gasteiger partial charge in [-0.15, -0.1) is 0 Å². The molecule has 0 saturated heterocycles. The highest BCUT2D eigenvalue weighted by atomic mass is 14.7. The van der Waals surface area contributed by atoms with Gasteiger partial charge in [0.1, 0.15) is 0 Å². The maximum absolute atomic E-state index is 4.52. The van der Waals surface area contributed by atoms with Gasteiger partial charge in [0.15, 0.2) is 0 Å². The average Bonchev–Trinajstić information content (AvgIpc) is 2.40. The van der Waals surface area contributed by atoms with E-state index in [1.54, 1.807) is 0 Å². The van der Waals surface area contributed by atoms with Crippen LogP contribution in [-0.2, 0) is 0 Å². The highest BCUT2D eigenvalue weighted by molar-refractivity contribution is 5.87. The summed E-state index contributed by atoms with van der Waals surface area (Å²) in [6.07, 6.45) is 1.95. The molecule has 82 valence electrons. The van der Waals surface area contributed by atoms with E-state index in [0.29, 0.717) is 0 Å². The molecule has 0 unspecified atom stereocenters. The topological polar surface area (TPSA) is 12.9 Å². The molecule has 0 amide bonds. The lowest BCUT2D eigenvalue weighted by molar-refractivity contribution is 1.35. The molecule has 0 radical (unpaired) electrons. The average molecular weight is 219 g/mol. The fourth-order valence-electron chi connectivity index (χ4n) is 2.09. The summed E-state index contributed by atoms with van der Waals surface area (Å²) >= 11 is 0. The number of fused-ring (bicyclic) bond motifs is 1. The Morgan fingerprint density at radius 1 is 0.882 bits per heavy atom. The summed E-state index contributed by atoms with van der Waals surface area (Å²) in [7, 11) is 0. The Labute approximate surface area is 101 Å². The second-order valence-electron chi connectivity index (χ2n) is 4.23. The predicted octanol–water partition coefficient (Wildman–Crippen LogP) is 4.21. The van der Waals surface area contributed by atoms with Crippen LogP contribution in [0.1, 0.15) is 5.56 Å². The molecule has 0 fully saturated rings. The Balaban J connectivity index is 2.23. The minimum Gasteiger partial charge on any atom is -0.256 e. The zero-order chi connectivity index (χ0) is 11.7. The molecular weight excluding hydrogens is 206 g/mol. The summed E-state index contributed by atoms with van der Waals surface area (Å²) in [6.45, 7) is 2.14. The van der Waals surface area contributed by atoms with Crippen LogP contribution >= 0.6 is 0 Å². The van der Waals surface area contributed by atoms with Crippen molar-refractivity contribution in [3.05, 3.63) is 66.4 Å². The molecule has 3 rings (SSSR count). The monoisotopic (exact) mass is 219 g/mol. The van der Waals surface area contributed by atoms with Crippen molar-refractivity contribution in [1.29, 1.82) is 0 Å². The summed E-state index contributed by atoms with van der Waals surface area (Å²) in [5.41, 5.74) is 3.49. The molecule has 0 atom stereocenters. The molecule has 0 spiro atoms. The molecule has 0 aliphatic carbocycles. The van der Waals surface area contributed by atoms with Crippen LogP contribution in [0.15, 0.2) is 60.8 Å². The van der Waals surface area contributed by atoms with Crippen LogP contribution in [0.25, 0.3) is 22.0 Å². The first-order chi connectivity index (χ1) is 8.34. The van der Waals surface area contributed by atoms with E-state index in [1.165, 1.54) is 16.3 Å². The first-order valence-corrected chi connectivity index (χ1v) is 5.75. The van der Waals surface area contributed by atoms with Gasteiger partial charge in [-0.2, -0.15) is 0 Å². The van der Waals surface area contributed by atoms with Crippen molar-refractivity contribution in [3.63, 3.8) is 0 Å². The highest BCUT2D eigenvalue weighted by Crippen LogP contribution is 2.23. The van der Waals surface area contributed by atoms with Gasteiger partial charge in [0.2, 0.25) is 0 Å². The fourth-order valence-corrected chi connectivity index (χ4v) is 2.09. The number of hydrogen-bond acceptors (Lipinski definition) is 1. The lowest BCUT2D eigenvalue weighted by Gasteiger charge is -2.05. The van der Waals surface area contributed by atoms with Gasteiger partial charge in [-0.1, -0.05) is 48.5 Å². The number of pyridine rings is 1. The molecule has 0 bridgehead atoms. The smallest absolute Gasteiger partial charge is 0.0708 e. The van der Waals surface area contributed by atoms with E-state index in [0.717, 1.165) is 11.3 Å². The maximum Gasteiger partial charge on any atom is 0.0708 e. The van der Waals surface area contributed by atoms with Crippen molar-refractivity contribution in [3.8, 4) is 11.3 Å². The Morgan fingerprint density at radius 3 is 2.53 bits per heavy atom. The van der Waals surface area contributed by atoms with Crippen molar-refractivity contribution in [2.24, 2.45) is 0 Å². The molecule has 0 aliphatic rings. The lowest BCUT2D eigenvalue weighted by Crippen LogP contribution is -1.85. The van der Waals surface area contributed by atoms with E-state index in [4.69, 9.17) is 0 Å². The van der Waals surface area contributed by atoms with Crippen LogP contribution < -0.4 is 0 Å².